The highest BCUT2D eigenvalue weighted by atomic mass is 16.6. The Hall–Kier alpha value is -5.15. The van der Waals surface area contributed by atoms with E-state index in [1.807, 2.05) is 39.8 Å². The fraction of sp³-hybridized carbons (Fsp3) is 0.289. The van der Waals surface area contributed by atoms with Crippen molar-refractivity contribution < 1.29 is 34.1 Å². The van der Waals surface area contributed by atoms with Crippen LogP contribution in [0.4, 0.5) is 10.5 Å². The number of phenols is 1. The van der Waals surface area contributed by atoms with Gasteiger partial charge < -0.3 is 19.7 Å². The first kappa shape index (κ1) is 29.6. The fourth-order valence-corrected chi connectivity index (χ4v) is 7.55. The summed E-state index contributed by atoms with van der Waals surface area (Å²) in [6.07, 6.45) is 2.90. The van der Waals surface area contributed by atoms with Crippen LogP contribution < -0.4 is 4.90 Å². The second kappa shape index (κ2) is 10.2. The number of anilines is 1. The Morgan fingerprint density at radius 3 is 2.37 bits per heavy atom. The van der Waals surface area contributed by atoms with Crippen molar-refractivity contribution in [2.45, 2.75) is 57.5 Å². The van der Waals surface area contributed by atoms with Gasteiger partial charge >= 0.3 is 6.09 Å². The number of aliphatic hydroxyl groups excluding tert-OH is 1. The minimum absolute atomic E-state index is 0.0121. The lowest BCUT2D eigenvalue weighted by molar-refractivity contribution is 0.0975. The molecule has 1 saturated heterocycles. The van der Waals surface area contributed by atoms with Gasteiger partial charge in [0.25, 0.3) is 0 Å². The third-order valence-electron chi connectivity index (χ3n) is 9.66. The van der Waals surface area contributed by atoms with Crippen LogP contribution in [0, 0.1) is 36.5 Å². The van der Waals surface area contributed by atoms with Gasteiger partial charge in [0.15, 0.2) is 23.3 Å². The van der Waals surface area contributed by atoms with Gasteiger partial charge in [-0.15, -0.1) is 0 Å². The number of phenolic OH excluding ortho intramolecular Hbond substituents is 1. The van der Waals surface area contributed by atoms with Gasteiger partial charge in [0.05, 0.1) is 16.8 Å². The van der Waals surface area contributed by atoms with E-state index in [0.29, 0.717) is 0 Å². The number of aryl methyl sites for hydroxylation is 2. The van der Waals surface area contributed by atoms with Crippen molar-refractivity contribution in [2.75, 3.05) is 11.5 Å². The molecule has 3 aromatic rings. The fourth-order valence-electron chi connectivity index (χ4n) is 7.55. The lowest BCUT2D eigenvalue weighted by atomic mass is 9.67. The Bertz CT molecular complexity index is 2100. The highest BCUT2D eigenvalue weighted by Crippen LogP contribution is 2.70. The van der Waals surface area contributed by atoms with Crippen molar-refractivity contribution in [3.05, 3.63) is 94.1 Å². The first-order chi connectivity index (χ1) is 22.0. The second-order valence-corrected chi connectivity index (χ2v) is 12.3. The maximum atomic E-state index is 14.7. The molecule has 2 bridgehead atoms. The van der Waals surface area contributed by atoms with E-state index in [9.17, 15) is 24.6 Å². The number of carbonyl (C=O) groups is 3. The number of ketones is 2. The number of hydrogen-bond donors (Lipinski definition) is 2. The molecular weight excluding hydrogens is 582 g/mol. The molecule has 7 rings (SSSR count). The summed E-state index contributed by atoms with van der Waals surface area (Å²) < 4.78 is 12.1. The lowest BCUT2D eigenvalue weighted by Gasteiger charge is -2.43. The number of carbonyl (C=O) groups excluding carboxylic acids is 3. The first-order valence-electron chi connectivity index (χ1n) is 15.2. The standard InChI is InChI=1S/C38H31NO7/c1-6-14-45-36(44)39-29-12-10-8-9-11-13-30(41)38(37(29,46-38)20(3)4)27-19-28(40)31-32(33(27)39)35(43)26-17-23-15-21(5)22(7-2)16-24(23)18-25(26)34(31)42/h6,8-9,15-20,29-30,40-41H,1,7,14H2,2-5H3/b9-8-/t29-,30+,37-,38-/m0/s1. The number of fused-ring (bicyclic) bond motifs is 5. The molecule has 2 aliphatic heterocycles. The molecule has 2 N–H and O–H groups in total. The SMILES string of the molecule is C=CCOC(=O)N1c2c(cc(O)c3c2C(=O)c2cc4cc(C)c(CC)cc4cc2C3=O)[C@@]23O[C@@]2(C(C)C)[C@@H]1C#C/C=C\C#C[C@H]3O. The summed E-state index contributed by atoms with van der Waals surface area (Å²) in [4.78, 5) is 44.2. The second-order valence-electron chi connectivity index (χ2n) is 12.3. The Labute approximate surface area is 266 Å². The van der Waals surface area contributed by atoms with Crippen LogP contribution in [0.5, 0.6) is 5.75 Å². The zero-order chi connectivity index (χ0) is 32.7. The van der Waals surface area contributed by atoms with Crippen LogP contribution in [0.25, 0.3) is 10.8 Å². The van der Waals surface area contributed by atoms with Gasteiger partial charge in [0, 0.05) is 16.7 Å². The number of aliphatic hydroxyl groups is 1. The Morgan fingerprint density at radius 2 is 1.72 bits per heavy atom. The lowest BCUT2D eigenvalue weighted by Crippen LogP contribution is -2.59. The van der Waals surface area contributed by atoms with Gasteiger partial charge in [-0.25, -0.2) is 4.79 Å². The van der Waals surface area contributed by atoms with Gasteiger partial charge in [-0.1, -0.05) is 69.2 Å². The molecule has 0 spiro atoms. The van der Waals surface area contributed by atoms with Crippen molar-refractivity contribution in [1.29, 1.82) is 0 Å². The van der Waals surface area contributed by atoms with E-state index in [1.54, 1.807) is 12.1 Å². The van der Waals surface area contributed by atoms with Crippen molar-refractivity contribution >= 4 is 34.1 Å². The maximum Gasteiger partial charge on any atom is 0.415 e. The number of hydrogen-bond acceptors (Lipinski definition) is 7. The number of allylic oxidation sites excluding steroid dienone is 2. The van der Waals surface area contributed by atoms with E-state index < -0.39 is 46.8 Å². The Kier molecular flexibility index (Phi) is 6.54. The summed E-state index contributed by atoms with van der Waals surface area (Å²) in [5.41, 5.74) is -0.718. The molecule has 2 aliphatic carbocycles. The van der Waals surface area contributed by atoms with Gasteiger partial charge in [-0.05, 0) is 71.5 Å². The van der Waals surface area contributed by atoms with E-state index in [1.165, 1.54) is 29.2 Å². The summed E-state index contributed by atoms with van der Waals surface area (Å²) in [6, 6.07) is 7.59. The number of epoxide rings is 1. The quantitative estimate of drug-likeness (QED) is 0.183. The molecule has 2 heterocycles. The third kappa shape index (κ3) is 3.69. The van der Waals surface area contributed by atoms with Gasteiger partial charge in [-0.3, -0.25) is 14.5 Å². The molecule has 0 radical (unpaired) electrons. The summed E-state index contributed by atoms with van der Waals surface area (Å²) in [7, 11) is 0. The van der Waals surface area contributed by atoms with Gasteiger partial charge in [0.1, 0.15) is 24.0 Å². The number of aromatic hydroxyl groups is 1. The minimum atomic E-state index is -1.59. The number of benzene rings is 3. The largest absolute Gasteiger partial charge is 0.507 e. The summed E-state index contributed by atoms with van der Waals surface area (Å²) >= 11 is 0. The molecule has 8 nitrogen and oxygen atoms in total. The van der Waals surface area contributed by atoms with E-state index in [0.717, 1.165) is 28.3 Å². The highest BCUT2D eigenvalue weighted by molar-refractivity contribution is 6.33. The molecule has 1 fully saturated rings. The van der Waals surface area contributed by atoms with Crippen LogP contribution in [0.1, 0.15) is 69.3 Å². The van der Waals surface area contributed by atoms with Crippen molar-refractivity contribution in [2.24, 2.45) is 5.92 Å². The van der Waals surface area contributed by atoms with Crippen molar-refractivity contribution in [3.8, 4) is 29.4 Å². The maximum absolute atomic E-state index is 14.7. The summed E-state index contributed by atoms with van der Waals surface area (Å²) in [5, 5.41) is 24.8. The Balaban J connectivity index is 1.57. The van der Waals surface area contributed by atoms with Crippen LogP contribution in [0.15, 0.2) is 55.1 Å². The van der Waals surface area contributed by atoms with E-state index in [2.05, 4.69) is 30.3 Å². The molecule has 46 heavy (non-hydrogen) atoms. The number of rotatable bonds is 4. The molecule has 230 valence electrons. The van der Waals surface area contributed by atoms with E-state index in [-0.39, 0.29) is 46.0 Å². The predicted octanol–water partition coefficient (Wildman–Crippen LogP) is 5.26. The average Bonchev–Trinajstić information content (AvgIpc) is 3.76. The molecule has 0 unspecified atom stereocenters. The van der Waals surface area contributed by atoms with E-state index >= 15 is 0 Å². The first-order valence-corrected chi connectivity index (χ1v) is 15.2. The summed E-state index contributed by atoms with van der Waals surface area (Å²) in [5.74, 6) is 9.67. The normalized spacial score (nSPS) is 25.6. The molecule has 3 aromatic carbocycles. The van der Waals surface area contributed by atoms with Crippen LogP contribution >= 0.6 is 0 Å². The predicted molar refractivity (Wildman–Crippen MR) is 172 cm³/mol. The van der Waals surface area contributed by atoms with Gasteiger partial charge in [0.2, 0.25) is 0 Å². The zero-order valence-electron chi connectivity index (χ0n) is 25.9. The molecule has 1 amide bonds. The average molecular weight is 614 g/mol. The van der Waals surface area contributed by atoms with E-state index in [4.69, 9.17) is 9.47 Å². The molecule has 0 aromatic heterocycles. The number of ether oxygens (including phenoxy) is 2. The molecule has 0 saturated carbocycles. The number of amides is 1. The van der Waals surface area contributed by atoms with Crippen molar-refractivity contribution in [1.82, 2.24) is 0 Å². The molecular formula is C38H31NO7. The monoisotopic (exact) mass is 613 g/mol. The zero-order valence-corrected chi connectivity index (χ0v) is 25.9. The van der Waals surface area contributed by atoms with Crippen LogP contribution in [-0.4, -0.2) is 52.2 Å². The molecule has 8 heteroatoms. The molecule has 4 atom stereocenters. The highest BCUT2D eigenvalue weighted by Gasteiger charge is 2.83. The smallest absolute Gasteiger partial charge is 0.415 e. The van der Waals surface area contributed by atoms with Crippen LogP contribution in [0.2, 0.25) is 0 Å². The van der Waals surface area contributed by atoms with Gasteiger partial charge in [-0.2, -0.15) is 0 Å². The minimum Gasteiger partial charge on any atom is -0.507 e. The molecule has 4 aliphatic rings. The van der Waals surface area contributed by atoms with Crippen LogP contribution in [-0.2, 0) is 21.5 Å². The Morgan fingerprint density at radius 1 is 1.07 bits per heavy atom. The third-order valence-corrected chi connectivity index (χ3v) is 9.66. The number of nitrogens with zero attached hydrogens (tertiary/aromatic N) is 1. The van der Waals surface area contributed by atoms with Crippen molar-refractivity contribution in [3.63, 3.8) is 0 Å². The van der Waals surface area contributed by atoms with Crippen LogP contribution in [0.3, 0.4) is 0 Å². The summed E-state index contributed by atoms with van der Waals surface area (Å²) in [6.45, 7) is 11.3. The topological polar surface area (TPSA) is 117 Å².